The van der Waals surface area contributed by atoms with Crippen LogP contribution >= 0.6 is 0 Å². The highest BCUT2D eigenvalue weighted by Gasteiger charge is 2.46. The molecule has 2 aromatic carbocycles. The molecule has 2 aromatic rings. The van der Waals surface area contributed by atoms with Gasteiger partial charge in [-0.2, -0.15) is 0 Å². The highest BCUT2D eigenvalue weighted by atomic mass is 19.1. The van der Waals surface area contributed by atoms with Crippen molar-refractivity contribution in [2.75, 3.05) is 20.8 Å². The summed E-state index contributed by atoms with van der Waals surface area (Å²) in [5, 5.41) is 0. The maximum Gasteiger partial charge on any atom is 0.317 e. The third kappa shape index (κ3) is 4.42. The van der Waals surface area contributed by atoms with Gasteiger partial charge in [0.05, 0.1) is 12.5 Å². The first-order valence-electron chi connectivity index (χ1n) is 9.76. The van der Waals surface area contributed by atoms with Crippen LogP contribution in [-0.4, -0.2) is 37.5 Å². The standard InChI is InChI=1S/C23H26FNO4/c1-25(15-17-9-3-6-12-20(17)28-2)21(26)16-29-22(27)23(13-7-8-14-23)18-10-4-5-11-19(18)24/h3-6,9-12H,7-8,13-16H2,1-2H3. The number of para-hydroxylation sites is 1. The number of rotatable bonds is 7. The number of hydrogen-bond donors (Lipinski definition) is 0. The van der Waals surface area contributed by atoms with E-state index in [0.29, 0.717) is 30.7 Å². The van der Waals surface area contributed by atoms with E-state index < -0.39 is 17.2 Å². The molecule has 1 fully saturated rings. The van der Waals surface area contributed by atoms with Gasteiger partial charge in [0.2, 0.25) is 0 Å². The summed E-state index contributed by atoms with van der Waals surface area (Å²) in [5.41, 5.74) is 0.209. The second-order valence-electron chi connectivity index (χ2n) is 7.41. The first kappa shape index (κ1) is 20.8. The Hall–Kier alpha value is -2.89. The molecular formula is C23H26FNO4. The van der Waals surface area contributed by atoms with Crippen molar-refractivity contribution in [2.45, 2.75) is 37.6 Å². The summed E-state index contributed by atoms with van der Waals surface area (Å²) in [4.78, 5) is 26.9. The van der Waals surface area contributed by atoms with Crippen molar-refractivity contribution in [3.63, 3.8) is 0 Å². The van der Waals surface area contributed by atoms with Crippen molar-refractivity contribution >= 4 is 11.9 Å². The number of likely N-dealkylation sites (N-methyl/N-ethyl adjacent to an activating group) is 1. The highest BCUT2D eigenvalue weighted by molar-refractivity contribution is 5.86. The van der Waals surface area contributed by atoms with Gasteiger partial charge in [0.25, 0.3) is 5.91 Å². The van der Waals surface area contributed by atoms with E-state index in [1.165, 1.54) is 11.0 Å². The van der Waals surface area contributed by atoms with Crippen molar-refractivity contribution in [1.29, 1.82) is 0 Å². The smallest absolute Gasteiger partial charge is 0.317 e. The van der Waals surface area contributed by atoms with Crippen molar-refractivity contribution in [3.05, 3.63) is 65.5 Å². The van der Waals surface area contributed by atoms with Crippen LogP contribution in [0.25, 0.3) is 0 Å². The van der Waals surface area contributed by atoms with Crippen molar-refractivity contribution < 1.29 is 23.5 Å². The lowest BCUT2D eigenvalue weighted by atomic mass is 9.78. The fraction of sp³-hybridized carbons (Fsp3) is 0.391. The first-order valence-corrected chi connectivity index (χ1v) is 9.76. The summed E-state index contributed by atoms with van der Waals surface area (Å²) in [7, 11) is 3.22. The second-order valence-corrected chi connectivity index (χ2v) is 7.41. The van der Waals surface area contributed by atoms with Gasteiger partial charge in [0.15, 0.2) is 6.61 Å². The number of carbonyl (C=O) groups is 2. The van der Waals surface area contributed by atoms with Gasteiger partial charge < -0.3 is 14.4 Å². The van der Waals surface area contributed by atoms with Crippen LogP contribution in [0.3, 0.4) is 0 Å². The molecule has 1 amide bonds. The quantitative estimate of drug-likeness (QED) is 0.664. The van der Waals surface area contributed by atoms with Gasteiger partial charge in [0, 0.05) is 24.7 Å². The van der Waals surface area contributed by atoms with Crippen LogP contribution in [0.15, 0.2) is 48.5 Å². The SMILES string of the molecule is COc1ccccc1CN(C)C(=O)COC(=O)C1(c2ccccc2F)CCCC1. The monoisotopic (exact) mass is 399 g/mol. The third-order valence-corrected chi connectivity index (χ3v) is 5.59. The fourth-order valence-corrected chi connectivity index (χ4v) is 3.96. The van der Waals surface area contributed by atoms with Crippen LogP contribution in [0, 0.1) is 5.82 Å². The highest BCUT2D eigenvalue weighted by Crippen LogP contribution is 2.43. The molecule has 3 rings (SSSR count). The van der Waals surface area contributed by atoms with Crippen LogP contribution < -0.4 is 4.74 Å². The molecule has 154 valence electrons. The number of ether oxygens (including phenoxy) is 2. The summed E-state index contributed by atoms with van der Waals surface area (Å²) >= 11 is 0. The molecule has 0 N–H and O–H groups in total. The summed E-state index contributed by atoms with van der Waals surface area (Å²) < 4.78 is 25.1. The Bertz CT molecular complexity index is 877. The van der Waals surface area contributed by atoms with Gasteiger partial charge in [-0.3, -0.25) is 9.59 Å². The van der Waals surface area contributed by atoms with Crippen molar-refractivity contribution in [3.8, 4) is 5.75 Å². The molecule has 6 heteroatoms. The van der Waals surface area contributed by atoms with E-state index in [-0.39, 0.29) is 12.5 Å². The van der Waals surface area contributed by atoms with Crippen LogP contribution in [0.4, 0.5) is 4.39 Å². The van der Waals surface area contributed by atoms with Gasteiger partial charge in [0.1, 0.15) is 11.6 Å². The van der Waals surface area contributed by atoms with Crippen molar-refractivity contribution in [1.82, 2.24) is 4.90 Å². The number of nitrogens with zero attached hydrogens (tertiary/aromatic N) is 1. The topological polar surface area (TPSA) is 55.8 Å². The van der Waals surface area contributed by atoms with Gasteiger partial charge in [-0.1, -0.05) is 49.2 Å². The molecule has 0 aliphatic heterocycles. The maximum absolute atomic E-state index is 14.4. The van der Waals surface area contributed by atoms with Crippen molar-refractivity contribution in [2.24, 2.45) is 0 Å². The van der Waals surface area contributed by atoms with Crippen LogP contribution in [0.1, 0.15) is 36.8 Å². The van der Waals surface area contributed by atoms with Gasteiger partial charge in [-0.05, 0) is 25.0 Å². The molecule has 1 saturated carbocycles. The number of amides is 1. The first-order chi connectivity index (χ1) is 14.0. The zero-order chi connectivity index (χ0) is 20.9. The molecule has 0 aromatic heterocycles. The number of esters is 1. The molecule has 0 bridgehead atoms. The van der Waals surface area contributed by atoms with Crippen LogP contribution in [0.5, 0.6) is 5.75 Å². The predicted octanol–water partition coefficient (Wildman–Crippen LogP) is 3.85. The minimum absolute atomic E-state index is 0.328. The molecular weight excluding hydrogens is 373 g/mol. The normalized spacial score (nSPS) is 15.0. The lowest BCUT2D eigenvalue weighted by molar-refractivity contribution is -0.157. The van der Waals surface area contributed by atoms with Gasteiger partial charge >= 0.3 is 5.97 Å². The third-order valence-electron chi connectivity index (χ3n) is 5.59. The molecule has 29 heavy (non-hydrogen) atoms. The number of carbonyl (C=O) groups excluding carboxylic acids is 2. The number of hydrogen-bond acceptors (Lipinski definition) is 4. The van der Waals surface area contributed by atoms with Crippen LogP contribution in [0.2, 0.25) is 0 Å². The van der Waals surface area contributed by atoms with E-state index in [1.54, 1.807) is 32.4 Å². The Morgan fingerprint density at radius 2 is 1.72 bits per heavy atom. The number of methoxy groups -OCH3 is 1. The van der Waals surface area contributed by atoms with E-state index in [4.69, 9.17) is 9.47 Å². The molecule has 0 unspecified atom stereocenters. The average molecular weight is 399 g/mol. The lowest BCUT2D eigenvalue weighted by Crippen LogP contribution is -2.38. The second kappa shape index (κ2) is 9.07. The molecule has 1 aliphatic carbocycles. The Labute approximate surface area is 170 Å². The molecule has 1 aliphatic rings. The summed E-state index contributed by atoms with van der Waals surface area (Å²) in [5.74, 6) is -0.579. The molecule has 0 radical (unpaired) electrons. The Balaban J connectivity index is 1.66. The minimum Gasteiger partial charge on any atom is -0.496 e. The molecule has 0 heterocycles. The Morgan fingerprint density at radius 3 is 2.41 bits per heavy atom. The molecule has 0 saturated heterocycles. The molecule has 0 spiro atoms. The number of benzene rings is 2. The fourth-order valence-electron chi connectivity index (χ4n) is 3.96. The molecule has 5 nitrogen and oxygen atoms in total. The zero-order valence-electron chi connectivity index (χ0n) is 16.8. The summed E-state index contributed by atoms with van der Waals surface area (Å²) in [6.07, 6.45) is 2.70. The van der Waals surface area contributed by atoms with Crippen LogP contribution in [-0.2, 0) is 26.3 Å². The summed E-state index contributed by atoms with van der Waals surface area (Å²) in [6.45, 7) is -0.0421. The molecule has 0 atom stereocenters. The van der Waals surface area contributed by atoms with E-state index in [0.717, 1.165) is 18.4 Å². The maximum atomic E-state index is 14.4. The largest absolute Gasteiger partial charge is 0.496 e. The number of halogens is 1. The average Bonchev–Trinajstić information content (AvgIpc) is 3.23. The summed E-state index contributed by atoms with van der Waals surface area (Å²) in [6, 6.07) is 13.7. The van der Waals surface area contributed by atoms with E-state index in [2.05, 4.69) is 0 Å². The van der Waals surface area contributed by atoms with E-state index in [1.807, 2.05) is 24.3 Å². The Morgan fingerprint density at radius 1 is 1.07 bits per heavy atom. The lowest BCUT2D eigenvalue weighted by Gasteiger charge is -2.28. The zero-order valence-corrected chi connectivity index (χ0v) is 16.8. The van der Waals surface area contributed by atoms with E-state index >= 15 is 0 Å². The van der Waals surface area contributed by atoms with Gasteiger partial charge in [-0.25, -0.2) is 4.39 Å². The van der Waals surface area contributed by atoms with E-state index in [9.17, 15) is 14.0 Å². The Kier molecular flexibility index (Phi) is 6.52. The minimum atomic E-state index is -1.01. The van der Waals surface area contributed by atoms with Gasteiger partial charge in [-0.15, -0.1) is 0 Å². The predicted molar refractivity (Wildman–Crippen MR) is 107 cm³/mol.